The van der Waals surface area contributed by atoms with E-state index in [0.29, 0.717) is 0 Å². The maximum atomic E-state index is 13.2. The zero-order valence-electron chi connectivity index (χ0n) is 16.3. The molecule has 1 unspecified atom stereocenters. The van der Waals surface area contributed by atoms with E-state index in [4.69, 9.17) is 4.74 Å². The topological polar surface area (TPSA) is 52.6 Å². The molecule has 0 aromatic rings. The van der Waals surface area contributed by atoms with Crippen LogP contribution in [0.15, 0.2) is 0 Å². The normalized spacial score (nSPS) is 14.7. The van der Waals surface area contributed by atoms with Gasteiger partial charge in [0.2, 0.25) is 0 Å². The molecule has 0 radical (unpaired) electrons. The molecular weight excluding hydrogens is 420 g/mol. The Bertz CT molecular complexity index is 558. The van der Waals surface area contributed by atoms with Crippen molar-refractivity contribution in [2.24, 2.45) is 11.3 Å². The van der Waals surface area contributed by atoms with Crippen LogP contribution < -0.4 is 0 Å². The molecule has 0 spiro atoms. The zero-order valence-corrected chi connectivity index (χ0v) is 16.3. The third kappa shape index (κ3) is 8.33. The van der Waals surface area contributed by atoms with Gasteiger partial charge in [-0.15, -0.1) is 0 Å². The Morgan fingerprint density at radius 1 is 0.862 bits per heavy atom. The number of esters is 2. The fourth-order valence-corrected chi connectivity index (χ4v) is 2.33. The standard InChI is InChI=1S/C17H24F8O4/c1-10(7-14(2,3)4)8-28-11(26)5-6-12(27)29-9-15(20,21)17(24,25)16(22,23)13(18)19/h10,13H,5-9H2,1-4H3. The quantitative estimate of drug-likeness (QED) is 0.329. The Kier molecular flexibility index (Phi) is 9.37. The summed E-state index contributed by atoms with van der Waals surface area (Å²) < 4.78 is 110. The molecule has 12 heteroatoms. The van der Waals surface area contributed by atoms with Crippen molar-refractivity contribution >= 4 is 11.9 Å². The SMILES string of the molecule is CC(COC(=O)CCC(=O)OCC(F)(F)C(F)(F)C(F)(F)C(F)F)CC(C)(C)C. The fraction of sp³-hybridized carbons (Fsp3) is 0.882. The van der Waals surface area contributed by atoms with Gasteiger partial charge in [-0.2, -0.15) is 26.3 Å². The van der Waals surface area contributed by atoms with E-state index in [1.165, 1.54) is 0 Å². The van der Waals surface area contributed by atoms with Crippen molar-refractivity contribution in [3.8, 4) is 0 Å². The molecular formula is C17H24F8O4. The van der Waals surface area contributed by atoms with Crippen LogP contribution in [0, 0.1) is 11.3 Å². The molecule has 0 aliphatic carbocycles. The van der Waals surface area contributed by atoms with Crippen molar-refractivity contribution in [3.63, 3.8) is 0 Å². The van der Waals surface area contributed by atoms with Crippen LogP contribution in [0.4, 0.5) is 35.1 Å². The summed E-state index contributed by atoms with van der Waals surface area (Å²) in [5, 5.41) is 0. The molecule has 29 heavy (non-hydrogen) atoms. The largest absolute Gasteiger partial charge is 0.465 e. The first-order valence-electron chi connectivity index (χ1n) is 8.56. The summed E-state index contributed by atoms with van der Waals surface area (Å²) in [4.78, 5) is 22.8. The van der Waals surface area contributed by atoms with Crippen LogP contribution in [-0.2, 0) is 19.1 Å². The molecule has 1 atom stereocenters. The predicted octanol–water partition coefficient (Wildman–Crippen LogP) is 5.10. The lowest BCUT2D eigenvalue weighted by molar-refractivity contribution is -0.344. The Morgan fingerprint density at radius 2 is 1.31 bits per heavy atom. The van der Waals surface area contributed by atoms with Crippen LogP contribution in [0.25, 0.3) is 0 Å². The Morgan fingerprint density at radius 3 is 1.72 bits per heavy atom. The second-order valence-corrected chi connectivity index (χ2v) is 7.92. The molecule has 0 aliphatic heterocycles. The van der Waals surface area contributed by atoms with Gasteiger partial charge < -0.3 is 9.47 Å². The average molecular weight is 444 g/mol. The van der Waals surface area contributed by atoms with E-state index in [9.17, 15) is 44.7 Å². The summed E-state index contributed by atoms with van der Waals surface area (Å²) >= 11 is 0. The maximum absolute atomic E-state index is 13.2. The van der Waals surface area contributed by atoms with Gasteiger partial charge in [0.1, 0.15) is 0 Å². The summed E-state index contributed by atoms with van der Waals surface area (Å²) in [6, 6.07) is 0. The van der Waals surface area contributed by atoms with Crippen LogP contribution in [0.5, 0.6) is 0 Å². The lowest BCUT2D eigenvalue weighted by Gasteiger charge is -2.31. The number of carbonyl (C=O) groups is 2. The average Bonchev–Trinajstić information content (AvgIpc) is 2.54. The lowest BCUT2D eigenvalue weighted by atomic mass is 9.86. The van der Waals surface area contributed by atoms with Crippen molar-refractivity contribution in [2.75, 3.05) is 13.2 Å². The third-order valence-electron chi connectivity index (χ3n) is 3.59. The fourth-order valence-electron chi connectivity index (χ4n) is 2.33. The molecule has 0 N–H and O–H groups in total. The minimum Gasteiger partial charge on any atom is -0.465 e. The second-order valence-electron chi connectivity index (χ2n) is 7.92. The lowest BCUT2D eigenvalue weighted by Crippen LogP contribution is -2.59. The first-order valence-corrected chi connectivity index (χ1v) is 8.56. The van der Waals surface area contributed by atoms with Gasteiger partial charge in [-0.3, -0.25) is 9.59 Å². The monoisotopic (exact) mass is 444 g/mol. The first kappa shape index (κ1) is 27.4. The van der Waals surface area contributed by atoms with E-state index in [2.05, 4.69) is 4.74 Å². The van der Waals surface area contributed by atoms with Gasteiger partial charge in [-0.25, -0.2) is 8.78 Å². The highest BCUT2D eigenvalue weighted by Crippen LogP contribution is 2.48. The smallest absolute Gasteiger partial charge is 0.381 e. The number of hydrogen-bond donors (Lipinski definition) is 0. The number of rotatable bonds is 11. The first-order chi connectivity index (χ1) is 12.8. The summed E-state index contributed by atoms with van der Waals surface area (Å²) in [5.41, 5.74) is -0.0238. The molecule has 0 aromatic carbocycles. The van der Waals surface area contributed by atoms with Crippen molar-refractivity contribution in [1.29, 1.82) is 0 Å². The van der Waals surface area contributed by atoms with Gasteiger partial charge in [-0.05, 0) is 17.8 Å². The molecule has 0 fully saturated rings. The minimum absolute atomic E-state index is 0.0108. The molecule has 172 valence electrons. The zero-order chi connectivity index (χ0) is 23.3. The number of hydrogen-bond acceptors (Lipinski definition) is 4. The minimum atomic E-state index is -6.46. The van der Waals surface area contributed by atoms with E-state index in [-0.39, 0.29) is 17.9 Å². The van der Waals surface area contributed by atoms with Crippen molar-refractivity contribution < 1.29 is 54.2 Å². The Balaban J connectivity index is 4.50. The molecule has 0 aliphatic rings. The van der Waals surface area contributed by atoms with Gasteiger partial charge >= 0.3 is 36.1 Å². The van der Waals surface area contributed by atoms with Crippen LogP contribution in [0.3, 0.4) is 0 Å². The summed E-state index contributed by atoms with van der Waals surface area (Å²) in [7, 11) is 0. The summed E-state index contributed by atoms with van der Waals surface area (Å²) in [5.74, 6) is -21.0. The van der Waals surface area contributed by atoms with Gasteiger partial charge in [0.15, 0.2) is 6.61 Å². The van der Waals surface area contributed by atoms with E-state index in [1.54, 1.807) is 0 Å². The molecule has 0 saturated carbocycles. The van der Waals surface area contributed by atoms with E-state index in [1.807, 2.05) is 27.7 Å². The van der Waals surface area contributed by atoms with Gasteiger partial charge in [0.25, 0.3) is 0 Å². The predicted molar refractivity (Wildman–Crippen MR) is 85.2 cm³/mol. The summed E-state index contributed by atoms with van der Waals surface area (Å²) in [6.45, 7) is 5.19. The molecule has 4 nitrogen and oxygen atoms in total. The number of carbonyl (C=O) groups excluding carboxylic acids is 2. The van der Waals surface area contributed by atoms with Crippen LogP contribution >= 0.6 is 0 Å². The van der Waals surface area contributed by atoms with Crippen molar-refractivity contribution in [2.45, 2.75) is 71.2 Å². The number of halogens is 8. The van der Waals surface area contributed by atoms with Gasteiger partial charge in [0, 0.05) is 0 Å². The van der Waals surface area contributed by atoms with E-state index < -0.39 is 55.6 Å². The molecule has 0 rings (SSSR count). The molecule has 0 aromatic heterocycles. The third-order valence-corrected chi connectivity index (χ3v) is 3.59. The highest BCUT2D eigenvalue weighted by molar-refractivity contribution is 5.77. The highest BCUT2D eigenvalue weighted by Gasteiger charge is 2.75. The van der Waals surface area contributed by atoms with Crippen LogP contribution in [0.2, 0.25) is 0 Å². The number of ether oxygens (including phenoxy) is 2. The molecule has 0 amide bonds. The van der Waals surface area contributed by atoms with Crippen molar-refractivity contribution in [1.82, 2.24) is 0 Å². The molecule has 0 heterocycles. The van der Waals surface area contributed by atoms with Crippen LogP contribution in [-0.4, -0.2) is 49.3 Å². The highest BCUT2D eigenvalue weighted by atomic mass is 19.4. The second kappa shape index (κ2) is 9.92. The Hall–Kier alpha value is -1.62. The summed E-state index contributed by atoms with van der Waals surface area (Å²) in [6.07, 6.45) is -5.82. The van der Waals surface area contributed by atoms with E-state index >= 15 is 0 Å². The Labute approximate surface area is 162 Å². The number of alkyl halides is 8. The van der Waals surface area contributed by atoms with Gasteiger partial charge in [-0.1, -0.05) is 27.7 Å². The van der Waals surface area contributed by atoms with Gasteiger partial charge in [0.05, 0.1) is 19.4 Å². The maximum Gasteiger partial charge on any atom is 0.381 e. The van der Waals surface area contributed by atoms with Crippen molar-refractivity contribution in [3.05, 3.63) is 0 Å². The molecule has 0 bridgehead atoms. The van der Waals surface area contributed by atoms with E-state index in [0.717, 1.165) is 6.42 Å². The van der Waals surface area contributed by atoms with Crippen LogP contribution in [0.1, 0.15) is 47.0 Å². The molecule has 0 saturated heterocycles.